The molecule has 0 unspecified atom stereocenters. The first-order valence-corrected chi connectivity index (χ1v) is 19.3. The van der Waals surface area contributed by atoms with Crippen molar-refractivity contribution in [1.82, 2.24) is 29.9 Å². The van der Waals surface area contributed by atoms with E-state index in [1.165, 1.54) is 0 Å². The van der Waals surface area contributed by atoms with Crippen LogP contribution in [0.25, 0.3) is 111 Å². The van der Waals surface area contributed by atoms with Crippen LogP contribution in [0.15, 0.2) is 194 Å². The quantitative estimate of drug-likeness (QED) is 0.158. The van der Waals surface area contributed by atoms with Gasteiger partial charge in [0.1, 0.15) is 0 Å². The predicted octanol–water partition coefficient (Wildman–Crippen LogP) is 12.7. The maximum absolute atomic E-state index is 5.08. The van der Waals surface area contributed by atoms with Crippen LogP contribution < -0.4 is 0 Å². The fourth-order valence-corrected chi connectivity index (χ4v) is 7.66. The lowest BCUT2D eigenvalue weighted by Gasteiger charge is -2.10. The van der Waals surface area contributed by atoms with Gasteiger partial charge >= 0.3 is 0 Å². The molecule has 11 aromatic rings. The van der Waals surface area contributed by atoms with E-state index in [-0.39, 0.29) is 0 Å². The summed E-state index contributed by atoms with van der Waals surface area (Å²) < 4.78 is 0. The van der Waals surface area contributed by atoms with Crippen molar-refractivity contribution in [3.63, 3.8) is 0 Å². The molecule has 0 aliphatic heterocycles. The molecular formula is C52H32N6. The van der Waals surface area contributed by atoms with Gasteiger partial charge < -0.3 is 0 Å². The SMILES string of the molecule is c1ccc(-c2cc(-c3ccc4cc(-c5ccc6nc(-c7ccc(-c8ccc9ccc%10cccnc%10c9n8)cc7)ccc6c5)ccc4n3)nc(-c3ccccc3)n2)cc1. The maximum atomic E-state index is 5.08. The lowest BCUT2D eigenvalue weighted by Crippen LogP contribution is -1.97. The Morgan fingerprint density at radius 2 is 0.759 bits per heavy atom. The van der Waals surface area contributed by atoms with Gasteiger partial charge in [-0.05, 0) is 65.7 Å². The minimum atomic E-state index is 0.673. The Labute approximate surface area is 334 Å². The van der Waals surface area contributed by atoms with Gasteiger partial charge in [0.25, 0.3) is 0 Å². The fourth-order valence-electron chi connectivity index (χ4n) is 7.66. The van der Waals surface area contributed by atoms with Crippen LogP contribution in [0.3, 0.4) is 0 Å². The zero-order chi connectivity index (χ0) is 38.4. The molecule has 0 fully saturated rings. The number of benzene rings is 6. The van der Waals surface area contributed by atoms with E-state index in [4.69, 9.17) is 24.9 Å². The maximum Gasteiger partial charge on any atom is 0.160 e. The topological polar surface area (TPSA) is 77.3 Å². The largest absolute Gasteiger partial charge is 0.254 e. The minimum Gasteiger partial charge on any atom is -0.254 e. The molecule has 0 radical (unpaired) electrons. The molecule has 0 saturated heterocycles. The number of rotatable bonds is 6. The number of hydrogen-bond donors (Lipinski definition) is 0. The zero-order valence-corrected chi connectivity index (χ0v) is 31.2. The van der Waals surface area contributed by atoms with Gasteiger partial charge in [-0.1, -0.05) is 133 Å². The highest BCUT2D eigenvalue weighted by molar-refractivity contribution is 6.03. The third-order valence-corrected chi connectivity index (χ3v) is 10.7. The molecule has 0 aliphatic carbocycles. The van der Waals surface area contributed by atoms with Gasteiger partial charge in [-0.25, -0.2) is 24.9 Å². The molecule has 0 saturated carbocycles. The Hall–Kier alpha value is -7.96. The summed E-state index contributed by atoms with van der Waals surface area (Å²) in [5.41, 5.74) is 14.3. The second-order valence-electron chi connectivity index (χ2n) is 14.4. The van der Waals surface area contributed by atoms with Gasteiger partial charge in [-0.3, -0.25) is 4.98 Å². The van der Waals surface area contributed by atoms with E-state index in [0.29, 0.717) is 5.82 Å². The van der Waals surface area contributed by atoms with E-state index in [0.717, 1.165) is 105 Å². The van der Waals surface area contributed by atoms with Crippen LogP contribution in [0.2, 0.25) is 0 Å². The summed E-state index contributed by atoms with van der Waals surface area (Å²) in [4.78, 5) is 29.7. The monoisotopic (exact) mass is 740 g/mol. The van der Waals surface area contributed by atoms with Crippen molar-refractivity contribution < 1.29 is 0 Å². The zero-order valence-electron chi connectivity index (χ0n) is 31.2. The molecule has 0 aliphatic rings. The summed E-state index contributed by atoms with van der Waals surface area (Å²) in [7, 11) is 0. The van der Waals surface area contributed by atoms with Crippen LogP contribution in [0, 0.1) is 0 Å². The predicted molar refractivity (Wildman–Crippen MR) is 236 cm³/mol. The molecule has 270 valence electrons. The third kappa shape index (κ3) is 6.19. The van der Waals surface area contributed by atoms with E-state index >= 15 is 0 Å². The van der Waals surface area contributed by atoms with Gasteiger partial charge in [0.05, 0.1) is 50.5 Å². The van der Waals surface area contributed by atoms with E-state index in [9.17, 15) is 0 Å². The summed E-state index contributed by atoms with van der Waals surface area (Å²) in [6.45, 7) is 0. The van der Waals surface area contributed by atoms with Crippen molar-refractivity contribution in [2.45, 2.75) is 0 Å². The average Bonchev–Trinajstić information content (AvgIpc) is 3.31. The molecule has 0 atom stereocenters. The second-order valence-corrected chi connectivity index (χ2v) is 14.4. The first-order chi connectivity index (χ1) is 28.7. The first-order valence-electron chi connectivity index (χ1n) is 19.3. The van der Waals surface area contributed by atoms with E-state index < -0.39 is 0 Å². The Morgan fingerprint density at radius 3 is 1.43 bits per heavy atom. The Balaban J connectivity index is 0.865. The summed E-state index contributed by atoms with van der Waals surface area (Å²) in [6, 6.07) is 64.5. The van der Waals surface area contributed by atoms with Crippen LogP contribution >= 0.6 is 0 Å². The van der Waals surface area contributed by atoms with Crippen molar-refractivity contribution in [1.29, 1.82) is 0 Å². The third-order valence-electron chi connectivity index (χ3n) is 10.7. The second kappa shape index (κ2) is 14.0. The molecule has 58 heavy (non-hydrogen) atoms. The number of pyridine rings is 4. The van der Waals surface area contributed by atoms with Crippen molar-refractivity contribution >= 4 is 43.6 Å². The molecular weight excluding hydrogens is 709 g/mol. The smallest absolute Gasteiger partial charge is 0.160 e. The van der Waals surface area contributed by atoms with Crippen LogP contribution in [-0.2, 0) is 0 Å². The minimum absolute atomic E-state index is 0.673. The number of aromatic nitrogens is 6. The molecule has 0 N–H and O–H groups in total. The highest BCUT2D eigenvalue weighted by Gasteiger charge is 2.13. The van der Waals surface area contributed by atoms with Crippen LogP contribution in [0.1, 0.15) is 0 Å². The lowest BCUT2D eigenvalue weighted by molar-refractivity contribution is 1.17. The number of hydrogen-bond acceptors (Lipinski definition) is 6. The van der Waals surface area contributed by atoms with Crippen LogP contribution in [0.5, 0.6) is 0 Å². The first kappa shape index (κ1) is 33.4. The van der Waals surface area contributed by atoms with Gasteiger partial charge in [-0.2, -0.15) is 0 Å². The van der Waals surface area contributed by atoms with Crippen molar-refractivity contribution in [3.05, 3.63) is 194 Å². The summed E-state index contributed by atoms with van der Waals surface area (Å²) in [5.74, 6) is 0.673. The van der Waals surface area contributed by atoms with Gasteiger partial charge in [0.15, 0.2) is 5.82 Å². The number of nitrogens with zero attached hydrogens (tertiary/aromatic N) is 6. The highest BCUT2D eigenvalue weighted by Crippen LogP contribution is 2.32. The molecule has 6 nitrogen and oxygen atoms in total. The molecule has 5 aromatic heterocycles. The van der Waals surface area contributed by atoms with Gasteiger partial charge in [0, 0.05) is 50.0 Å². The van der Waals surface area contributed by atoms with E-state index in [1.807, 2.05) is 72.9 Å². The van der Waals surface area contributed by atoms with E-state index in [2.05, 4.69) is 126 Å². The normalized spacial score (nSPS) is 11.4. The fraction of sp³-hybridized carbons (Fsp3) is 0. The summed E-state index contributed by atoms with van der Waals surface area (Å²) in [5, 5.41) is 4.31. The van der Waals surface area contributed by atoms with Crippen LogP contribution in [-0.4, -0.2) is 29.9 Å². The average molecular weight is 741 g/mol. The Bertz CT molecular complexity index is 3270. The number of fused-ring (bicyclic) bond motifs is 5. The Kier molecular flexibility index (Phi) is 8.04. The molecule has 11 rings (SSSR count). The molecule has 6 heteroatoms. The van der Waals surface area contributed by atoms with Gasteiger partial charge in [-0.15, -0.1) is 0 Å². The van der Waals surface area contributed by atoms with Gasteiger partial charge in [0.2, 0.25) is 0 Å². The molecule has 0 spiro atoms. The molecule has 6 aromatic carbocycles. The summed E-state index contributed by atoms with van der Waals surface area (Å²) in [6.07, 6.45) is 1.82. The van der Waals surface area contributed by atoms with E-state index in [1.54, 1.807) is 0 Å². The van der Waals surface area contributed by atoms with Crippen LogP contribution in [0.4, 0.5) is 0 Å². The molecule has 0 amide bonds. The summed E-state index contributed by atoms with van der Waals surface area (Å²) >= 11 is 0. The Morgan fingerprint density at radius 1 is 0.259 bits per heavy atom. The molecule has 5 heterocycles. The molecule has 0 bridgehead atoms. The van der Waals surface area contributed by atoms with Crippen molar-refractivity contribution in [3.8, 4) is 67.7 Å². The van der Waals surface area contributed by atoms with Crippen molar-refractivity contribution in [2.75, 3.05) is 0 Å². The lowest BCUT2D eigenvalue weighted by atomic mass is 10.00. The van der Waals surface area contributed by atoms with Crippen molar-refractivity contribution in [2.24, 2.45) is 0 Å². The highest BCUT2D eigenvalue weighted by atomic mass is 14.9. The standard InChI is InChI=1S/C52H32N6/c1-3-8-33(9-4-1)48-32-49(58-52(57-48)38-10-5-2-6-11-38)47-28-23-42-31-40(21-26-46(42)55-47)39-20-25-45-41(30-39)22-27-43(54-45)34-13-15-35(16-14-34)44-24-19-37-18-17-36-12-7-29-53-50(36)51(37)56-44/h1-32H.